The average molecular weight is 474 g/mol. The minimum absolute atomic E-state index is 0.168. The lowest BCUT2D eigenvalue weighted by atomic mass is 9.52. The monoisotopic (exact) mass is 473 g/mol. The highest BCUT2D eigenvalue weighted by atomic mass is 16.5. The molecule has 0 amide bonds. The molecular weight excluding hydrogens is 450 g/mol. The molecule has 0 saturated heterocycles. The van der Waals surface area contributed by atoms with Crippen molar-refractivity contribution < 1.29 is 19.4 Å². The zero-order valence-corrected chi connectivity index (χ0v) is 19.3. The first kappa shape index (κ1) is 23.1. The van der Waals surface area contributed by atoms with Gasteiger partial charge in [-0.15, -0.1) is 0 Å². The Morgan fingerprint density at radius 1 is 0.694 bits per heavy atom. The molecule has 0 aromatic heterocycles. The van der Waals surface area contributed by atoms with Gasteiger partial charge in [-0.05, 0) is 34.4 Å². The highest BCUT2D eigenvalue weighted by Crippen LogP contribution is 2.58. The summed E-state index contributed by atoms with van der Waals surface area (Å²) >= 11 is 0. The molecule has 0 aliphatic heterocycles. The van der Waals surface area contributed by atoms with E-state index >= 15 is 0 Å². The van der Waals surface area contributed by atoms with Gasteiger partial charge in [0.2, 0.25) is 0 Å². The van der Waals surface area contributed by atoms with Crippen molar-refractivity contribution in [2.75, 3.05) is 0 Å². The third-order valence-corrected chi connectivity index (χ3v) is 6.89. The molecule has 0 spiro atoms. The first-order chi connectivity index (χ1) is 17.6. The number of rotatable bonds is 6. The summed E-state index contributed by atoms with van der Waals surface area (Å²) in [6, 6.07) is 35.3. The van der Waals surface area contributed by atoms with Gasteiger partial charge in [0, 0.05) is 11.8 Å². The highest BCUT2D eigenvalue weighted by molar-refractivity contribution is 5.86. The number of esters is 1. The van der Waals surface area contributed by atoms with Crippen LogP contribution in [-0.2, 0) is 9.59 Å². The second kappa shape index (κ2) is 9.89. The fourth-order valence-electron chi connectivity index (χ4n) is 5.21. The largest absolute Gasteiger partial charge is 0.481 e. The minimum atomic E-state index is -0.953. The molecule has 5 heteroatoms. The molecule has 1 aliphatic carbocycles. The van der Waals surface area contributed by atoms with Crippen LogP contribution in [0.25, 0.3) is 11.1 Å². The summed E-state index contributed by atoms with van der Waals surface area (Å²) in [4.78, 5) is 26.1. The van der Waals surface area contributed by atoms with Gasteiger partial charge in [0.1, 0.15) is 11.8 Å². The topological polar surface area (TPSA) is 87.4 Å². The van der Waals surface area contributed by atoms with Gasteiger partial charge in [-0.2, -0.15) is 5.26 Å². The zero-order chi connectivity index (χ0) is 25.1. The first-order valence-electron chi connectivity index (χ1n) is 11.7. The van der Waals surface area contributed by atoms with Crippen molar-refractivity contribution in [1.29, 1.82) is 5.26 Å². The number of hydrogen-bond acceptors (Lipinski definition) is 4. The molecule has 5 nitrogen and oxygen atoms in total. The summed E-state index contributed by atoms with van der Waals surface area (Å²) < 4.78 is 5.88. The molecule has 1 fully saturated rings. The maximum atomic E-state index is 13.7. The zero-order valence-electron chi connectivity index (χ0n) is 19.3. The van der Waals surface area contributed by atoms with Crippen molar-refractivity contribution >= 4 is 11.9 Å². The average Bonchev–Trinajstić information content (AvgIpc) is 2.89. The molecule has 4 aromatic rings. The number of nitrogens with zero attached hydrogens (tertiary/aromatic N) is 1. The SMILES string of the molecule is N#Cc1ccc(-c2ccccc2)cc1OC(=O)C1C(c2ccccc2)C(C(=O)O)[C@@H]1c1ccccc1. The summed E-state index contributed by atoms with van der Waals surface area (Å²) in [5.74, 6) is -3.93. The van der Waals surface area contributed by atoms with Crippen LogP contribution >= 0.6 is 0 Å². The number of carbonyl (C=O) groups is 2. The Morgan fingerprint density at radius 3 is 1.72 bits per heavy atom. The van der Waals surface area contributed by atoms with Crippen LogP contribution in [0.4, 0.5) is 0 Å². The number of carbonyl (C=O) groups excluding carboxylic acids is 1. The number of benzene rings is 4. The van der Waals surface area contributed by atoms with Gasteiger partial charge < -0.3 is 9.84 Å². The van der Waals surface area contributed by atoms with Crippen LogP contribution in [0.15, 0.2) is 109 Å². The lowest BCUT2D eigenvalue weighted by molar-refractivity contribution is -0.158. The van der Waals surface area contributed by atoms with E-state index < -0.39 is 35.6 Å². The predicted octanol–water partition coefficient (Wildman–Crippen LogP) is 6.03. The molecule has 4 atom stereocenters. The smallest absolute Gasteiger partial charge is 0.315 e. The Hall–Kier alpha value is -4.69. The van der Waals surface area contributed by atoms with Gasteiger partial charge in [-0.25, -0.2) is 0 Å². The van der Waals surface area contributed by atoms with E-state index in [-0.39, 0.29) is 11.3 Å². The lowest BCUT2D eigenvalue weighted by Crippen LogP contribution is -2.52. The molecule has 0 radical (unpaired) electrons. The third kappa shape index (κ3) is 4.25. The molecule has 1 aliphatic rings. The number of carboxylic acids is 1. The standard InChI is InChI=1S/C31H23NO4/c32-19-24-17-16-23(20-10-4-1-5-11-20)18-25(24)36-31(35)29-26(21-12-6-2-7-13-21)28(30(33)34)27(29)22-14-8-3-9-15-22/h1-18,26-29H,(H,33,34)/t26-,27?,28?,29?/m0/s1. The molecular formula is C31H23NO4. The minimum Gasteiger partial charge on any atom is -0.481 e. The van der Waals surface area contributed by atoms with Crippen LogP contribution < -0.4 is 4.74 Å². The fourth-order valence-corrected chi connectivity index (χ4v) is 5.21. The van der Waals surface area contributed by atoms with E-state index in [9.17, 15) is 20.0 Å². The van der Waals surface area contributed by atoms with Crippen molar-refractivity contribution in [3.8, 4) is 22.9 Å². The maximum absolute atomic E-state index is 13.7. The van der Waals surface area contributed by atoms with E-state index in [0.717, 1.165) is 22.3 Å². The normalized spacial score (nSPS) is 20.5. The van der Waals surface area contributed by atoms with E-state index in [4.69, 9.17) is 4.74 Å². The van der Waals surface area contributed by atoms with E-state index in [1.165, 1.54) is 0 Å². The molecule has 1 N–H and O–H groups in total. The first-order valence-corrected chi connectivity index (χ1v) is 11.7. The van der Waals surface area contributed by atoms with E-state index in [2.05, 4.69) is 6.07 Å². The molecule has 36 heavy (non-hydrogen) atoms. The Balaban J connectivity index is 1.54. The molecule has 4 aromatic carbocycles. The van der Waals surface area contributed by atoms with Crippen molar-refractivity contribution in [2.24, 2.45) is 11.8 Å². The molecule has 5 rings (SSSR count). The number of aliphatic carboxylic acids is 1. The quantitative estimate of drug-likeness (QED) is 0.273. The van der Waals surface area contributed by atoms with Gasteiger partial charge >= 0.3 is 11.9 Å². The molecule has 0 bridgehead atoms. The van der Waals surface area contributed by atoms with Crippen LogP contribution in [0.2, 0.25) is 0 Å². The Bertz CT molecular complexity index is 1380. The predicted molar refractivity (Wildman–Crippen MR) is 135 cm³/mol. The summed E-state index contributed by atoms with van der Waals surface area (Å²) in [7, 11) is 0. The van der Waals surface area contributed by atoms with Gasteiger partial charge in [-0.3, -0.25) is 9.59 Å². The van der Waals surface area contributed by atoms with Crippen molar-refractivity contribution in [1.82, 2.24) is 0 Å². The maximum Gasteiger partial charge on any atom is 0.315 e. The van der Waals surface area contributed by atoms with Gasteiger partial charge in [0.25, 0.3) is 0 Å². The van der Waals surface area contributed by atoms with E-state index in [0.29, 0.717) is 0 Å². The summed E-state index contributed by atoms with van der Waals surface area (Å²) in [5, 5.41) is 19.8. The van der Waals surface area contributed by atoms with Gasteiger partial charge in [0.15, 0.2) is 0 Å². The van der Waals surface area contributed by atoms with Crippen molar-refractivity contribution in [3.05, 3.63) is 126 Å². The summed E-state index contributed by atoms with van der Waals surface area (Å²) in [6.45, 7) is 0. The molecule has 1 saturated carbocycles. The molecule has 3 unspecified atom stereocenters. The van der Waals surface area contributed by atoms with Crippen molar-refractivity contribution in [2.45, 2.75) is 11.8 Å². The Kier molecular flexibility index (Phi) is 6.34. The van der Waals surface area contributed by atoms with E-state index in [1.54, 1.807) is 12.1 Å². The Morgan fingerprint density at radius 2 is 1.22 bits per heavy atom. The third-order valence-electron chi connectivity index (χ3n) is 6.89. The number of hydrogen-bond donors (Lipinski definition) is 1. The molecule has 0 heterocycles. The van der Waals surface area contributed by atoms with Crippen LogP contribution in [0.3, 0.4) is 0 Å². The van der Waals surface area contributed by atoms with Crippen LogP contribution in [0.5, 0.6) is 5.75 Å². The second-order valence-corrected chi connectivity index (χ2v) is 8.87. The van der Waals surface area contributed by atoms with Crippen molar-refractivity contribution in [3.63, 3.8) is 0 Å². The number of carboxylic acid groups (broad SMARTS) is 1. The summed E-state index contributed by atoms with van der Waals surface area (Å²) in [5.41, 5.74) is 3.53. The second-order valence-electron chi connectivity index (χ2n) is 8.87. The number of ether oxygens (including phenoxy) is 1. The van der Waals surface area contributed by atoms with Gasteiger partial charge in [-0.1, -0.05) is 97.1 Å². The molecule has 176 valence electrons. The number of nitriles is 1. The lowest BCUT2D eigenvalue weighted by Gasteiger charge is -2.49. The van der Waals surface area contributed by atoms with Crippen LogP contribution in [-0.4, -0.2) is 17.0 Å². The summed E-state index contributed by atoms with van der Waals surface area (Å²) in [6.07, 6.45) is 0. The van der Waals surface area contributed by atoms with E-state index in [1.807, 2.05) is 97.1 Å². The van der Waals surface area contributed by atoms with Crippen LogP contribution in [0.1, 0.15) is 28.5 Å². The van der Waals surface area contributed by atoms with Crippen LogP contribution in [0, 0.1) is 23.2 Å². The fraction of sp³-hybridized carbons (Fsp3) is 0.129. The Labute approximate surface area is 209 Å². The van der Waals surface area contributed by atoms with Gasteiger partial charge in [0.05, 0.1) is 17.4 Å². The highest BCUT2D eigenvalue weighted by Gasteiger charge is 2.59.